The predicted octanol–water partition coefficient (Wildman–Crippen LogP) is 0.668. The number of hydrogen-bond acceptors (Lipinski definition) is 5. The quantitative estimate of drug-likeness (QED) is 0.698. The molecule has 0 aromatic carbocycles. The van der Waals surface area contributed by atoms with E-state index in [2.05, 4.69) is 4.90 Å². The van der Waals surface area contributed by atoms with Crippen LogP contribution in [0.15, 0.2) is 0 Å². The number of hydroxylamine groups is 2. The van der Waals surface area contributed by atoms with Gasteiger partial charge in [-0.05, 0) is 26.2 Å². The highest BCUT2D eigenvalue weighted by molar-refractivity contribution is 5.83. The lowest BCUT2D eigenvalue weighted by atomic mass is 9.75. The Labute approximate surface area is 126 Å². The third kappa shape index (κ3) is 2.95. The minimum atomic E-state index is -0.408. The van der Waals surface area contributed by atoms with Crippen molar-refractivity contribution in [2.45, 2.75) is 32.3 Å². The van der Waals surface area contributed by atoms with E-state index in [0.717, 1.165) is 52.1 Å². The molecule has 0 unspecified atom stereocenters. The molecule has 0 aromatic heterocycles. The van der Waals surface area contributed by atoms with E-state index in [1.54, 1.807) is 5.06 Å². The first-order valence-corrected chi connectivity index (χ1v) is 8.13. The number of likely N-dealkylation sites (tertiary alicyclic amines) is 1. The highest BCUT2D eigenvalue weighted by Crippen LogP contribution is 2.42. The molecular weight excluding hydrogens is 272 g/mol. The van der Waals surface area contributed by atoms with Crippen molar-refractivity contribution in [2.75, 3.05) is 52.6 Å². The van der Waals surface area contributed by atoms with Crippen molar-refractivity contribution >= 4 is 5.91 Å². The van der Waals surface area contributed by atoms with Gasteiger partial charge in [-0.2, -0.15) is 0 Å². The van der Waals surface area contributed by atoms with Gasteiger partial charge in [-0.25, -0.2) is 5.06 Å². The third-order valence-corrected chi connectivity index (χ3v) is 4.86. The largest absolute Gasteiger partial charge is 0.380 e. The van der Waals surface area contributed by atoms with Gasteiger partial charge in [-0.15, -0.1) is 0 Å². The fourth-order valence-electron chi connectivity index (χ4n) is 3.72. The molecule has 3 aliphatic heterocycles. The molecule has 0 radical (unpaired) electrons. The Morgan fingerprint density at radius 2 is 2.29 bits per heavy atom. The molecule has 3 rings (SSSR count). The smallest absolute Gasteiger partial charge is 0.256 e. The lowest BCUT2D eigenvalue weighted by molar-refractivity contribution is -0.187. The zero-order valence-corrected chi connectivity index (χ0v) is 12.9. The van der Waals surface area contributed by atoms with Crippen molar-refractivity contribution in [2.24, 2.45) is 5.41 Å². The normalized spacial score (nSPS) is 33.4. The van der Waals surface area contributed by atoms with E-state index in [4.69, 9.17) is 14.3 Å². The summed E-state index contributed by atoms with van der Waals surface area (Å²) >= 11 is 0. The Morgan fingerprint density at radius 3 is 3.05 bits per heavy atom. The molecule has 0 bridgehead atoms. The summed E-state index contributed by atoms with van der Waals surface area (Å²) in [6.07, 6.45) is 2.71. The van der Waals surface area contributed by atoms with Gasteiger partial charge < -0.3 is 9.47 Å². The number of ether oxygens (including phenoxy) is 2. The van der Waals surface area contributed by atoms with Crippen LogP contribution in [0.3, 0.4) is 0 Å². The lowest BCUT2D eigenvalue weighted by Gasteiger charge is -2.43. The van der Waals surface area contributed by atoms with E-state index < -0.39 is 5.41 Å². The van der Waals surface area contributed by atoms with Gasteiger partial charge in [0.15, 0.2) is 0 Å². The maximum Gasteiger partial charge on any atom is 0.256 e. The molecule has 6 heteroatoms. The Balaban J connectivity index is 1.68. The highest BCUT2D eigenvalue weighted by atomic mass is 16.7. The zero-order chi connectivity index (χ0) is 14.7. The van der Waals surface area contributed by atoms with Gasteiger partial charge in [0.25, 0.3) is 5.91 Å². The topological polar surface area (TPSA) is 51.2 Å². The van der Waals surface area contributed by atoms with Crippen LogP contribution >= 0.6 is 0 Å². The fraction of sp³-hybridized carbons (Fsp3) is 0.933. The zero-order valence-electron chi connectivity index (χ0n) is 12.9. The van der Waals surface area contributed by atoms with Gasteiger partial charge in [0, 0.05) is 32.8 Å². The second-order valence-electron chi connectivity index (χ2n) is 6.12. The molecule has 2 atom stereocenters. The molecule has 6 nitrogen and oxygen atoms in total. The third-order valence-electron chi connectivity index (χ3n) is 4.86. The molecule has 3 fully saturated rings. The number of carbonyl (C=O) groups excluding carboxylic acids is 1. The Morgan fingerprint density at radius 1 is 1.38 bits per heavy atom. The molecule has 0 aliphatic carbocycles. The highest BCUT2D eigenvalue weighted by Gasteiger charge is 2.55. The Bertz CT molecular complexity index is 373. The molecule has 0 N–H and O–H groups in total. The van der Waals surface area contributed by atoms with E-state index in [-0.39, 0.29) is 12.0 Å². The molecule has 0 aromatic rings. The number of amides is 1. The summed E-state index contributed by atoms with van der Waals surface area (Å²) in [4.78, 5) is 20.8. The summed E-state index contributed by atoms with van der Waals surface area (Å²) in [5.41, 5.74) is -0.408. The average Bonchev–Trinajstić information content (AvgIpc) is 3.16. The van der Waals surface area contributed by atoms with Crippen molar-refractivity contribution in [1.82, 2.24) is 9.96 Å². The molecule has 1 amide bonds. The first-order chi connectivity index (χ1) is 10.3. The van der Waals surface area contributed by atoms with Gasteiger partial charge in [-0.1, -0.05) is 0 Å². The van der Waals surface area contributed by atoms with Crippen LogP contribution in [-0.4, -0.2) is 74.6 Å². The van der Waals surface area contributed by atoms with Gasteiger partial charge >= 0.3 is 0 Å². The molecule has 21 heavy (non-hydrogen) atoms. The van der Waals surface area contributed by atoms with Crippen LogP contribution in [-0.2, 0) is 19.1 Å². The van der Waals surface area contributed by atoms with Crippen LogP contribution in [0.4, 0.5) is 0 Å². The average molecular weight is 298 g/mol. The summed E-state index contributed by atoms with van der Waals surface area (Å²) in [5.74, 6) is 0.128. The molecular formula is C15H26N2O4. The Kier molecular flexibility index (Phi) is 4.78. The summed E-state index contributed by atoms with van der Waals surface area (Å²) in [5, 5.41) is 1.58. The van der Waals surface area contributed by atoms with Gasteiger partial charge in [-0.3, -0.25) is 14.5 Å². The number of nitrogens with zero attached hydrogens (tertiary/aromatic N) is 2. The molecule has 0 saturated carbocycles. The van der Waals surface area contributed by atoms with Crippen LogP contribution in [0.25, 0.3) is 0 Å². The maximum atomic E-state index is 12.9. The maximum absolute atomic E-state index is 12.9. The van der Waals surface area contributed by atoms with Gasteiger partial charge in [0.05, 0.1) is 31.3 Å². The van der Waals surface area contributed by atoms with Crippen LogP contribution in [0, 0.1) is 5.41 Å². The van der Waals surface area contributed by atoms with Crippen LogP contribution in [0.5, 0.6) is 0 Å². The predicted molar refractivity (Wildman–Crippen MR) is 76.6 cm³/mol. The van der Waals surface area contributed by atoms with Crippen molar-refractivity contribution < 1.29 is 19.1 Å². The lowest BCUT2D eigenvalue weighted by Crippen LogP contribution is -2.57. The second-order valence-corrected chi connectivity index (χ2v) is 6.12. The summed E-state index contributed by atoms with van der Waals surface area (Å²) in [7, 11) is 0. The SMILES string of the molecule is CCOCCN1CC[C@H]2OCC[C@@]2(C(=O)N2CCCO2)C1. The molecule has 3 aliphatic rings. The van der Waals surface area contributed by atoms with E-state index in [9.17, 15) is 4.79 Å². The van der Waals surface area contributed by atoms with Crippen molar-refractivity contribution in [3.8, 4) is 0 Å². The monoisotopic (exact) mass is 298 g/mol. The molecule has 0 spiro atoms. The van der Waals surface area contributed by atoms with Crippen LogP contribution in [0.1, 0.15) is 26.2 Å². The molecule has 120 valence electrons. The van der Waals surface area contributed by atoms with Crippen LogP contribution in [0.2, 0.25) is 0 Å². The van der Waals surface area contributed by atoms with E-state index in [1.165, 1.54) is 0 Å². The molecule has 3 saturated heterocycles. The fourth-order valence-corrected chi connectivity index (χ4v) is 3.72. The van der Waals surface area contributed by atoms with E-state index in [0.29, 0.717) is 19.8 Å². The Hall–Kier alpha value is -0.690. The van der Waals surface area contributed by atoms with Crippen LogP contribution < -0.4 is 0 Å². The summed E-state index contributed by atoms with van der Waals surface area (Å²) in [6.45, 7) is 8.16. The van der Waals surface area contributed by atoms with E-state index >= 15 is 0 Å². The van der Waals surface area contributed by atoms with Gasteiger partial charge in [0.2, 0.25) is 0 Å². The van der Waals surface area contributed by atoms with Crippen molar-refractivity contribution in [3.05, 3.63) is 0 Å². The number of piperidine rings is 1. The van der Waals surface area contributed by atoms with Crippen molar-refractivity contribution in [1.29, 1.82) is 0 Å². The second kappa shape index (κ2) is 6.60. The number of carbonyl (C=O) groups is 1. The number of hydrogen-bond donors (Lipinski definition) is 0. The van der Waals surface area contributed by atoms with Crippen molar-refractivity contribution in [3.63, 3.8) is 0 Å². The molecule has 3 heterocycles. The minimum Gasteiger partial charge on any atom is -0.380 e. The summed E-state index contributed by atoms with van der Waals surface area (Å²) in [6, 6.07) is 0. The standard InChI is InChI=1S/C15H26N2O4/c1-2-19-11-8-16-7-4-13-15(12-16,5-10-20-13)14(18)17-6-3-9-21-17/h13H,2-12H2,1H3/t13-,15-/m1/s1. The summed E-state index contributed by atoms with van der Waals surface area (Å²) < 4.78 is 11.3. The first-order valence-electron chi connectivity index (χ1n) is 8.13. The minimum absolute atomic E-state index is 0.0533. The number of rotatable bonds is 5. The van der Waals surface area contributed by atoms with Gasteiger partial charge in [0.1, 0.15) is 0 Å². The number of fused-ring (bicyclic) bond motifs is 1. The van der Waals surface area contributed by atoms with E-state index in [1.807, 2.05) is 6.92 Å². The first kappa shape index (κ1) is 15.2.